The van der Waals surface area contributed by atoms with Crippen LogP contribution in [-0.4, -0.2) is 41.4 Å². The highest BCUT2D eigenvalue weighted by Gasteiger charge is 2.44. The van der Waals surface area contributed by atoms with E-state index in [4.69, 9.17) is 9.47 Å². The molecule has 2 aliphatic heterocycles. The number of nitrogens with zero attached hydrogens (tertiary/aromatic N) is 1. The van der Waals surface area contributed by atoms with E-state index in [9.17, 15) is 9.90 Å². The molecule has 0 saturated carbocycles. The van der Waals surface area contributed by atoms with Gasteiger partial charge in [0, 0.05) is 37.6 Å². The van der Waals surface area contributed by atoms with Gasteiger partial charge in [-0.05, 0) is 18.9 Å². The number of ether oxygens (including phenoxy) is 2. The number of hydrogen-bond acceptors (Lipinski definition) is 3. The van der Waals surface area contributed by atoms with Crippen LogP contribution < -0.4 is 4.74 Å². The van der Waals surface area contributed by atoms with E-state index in [0.29, 0.717) is 6.61 Å². The summed E-state index contributed by atoms with van der Waals surface area (Å²) >= 11 is 0. The van der Waals surface area contributed by atoms with E-state index < -0.39 is 6.09 Å². The lowest BCUT2D eigenvalue weighted by atomic mass is 10.00. The van der Waals surface area contributed by atoms with Gasteiger partial charge in [0.15, 0.2) is 0 Å². The smallest absolute Gasteiger partial charge is 0.407 e. The molecule has 2 fully saturated rings. The fourth-order valence-electron chi connectivity index (χ4n) is 3.61. The zero-order valence-corrected chi connectivity index (χ0v) is 12.2. The summed E-state index contributed by atoms with van der Waals surface area (Å²) in [7, 11) is 1.67. The SMILES string of the molecule is COCc1ccccc1OC1C[C@H]2CC[C@@H](C1)N2C(=O)O. The summed E-state index contributed by atoms with van der Waals surface area (Å²) in [5.74, 6) is 0.854. The average molecular weight is 291 g/mol. The number of para-hydroxylation sites is 1. The minimum atomic E-state index is -0.791. The third kappa shape index (κ3) is 2.83. The van der Waals surface area contributed by atoms with E-state index in [2.05, 4.69) is 0 Å². The Morgan fingerprint density at radius 2 is 1.95 bits per heavy atom. The molecule has 5 heteroatoms. The molecule has 0 spiro atoms. The number of piperidine rings is 1. The molecular weight excluding hydrogens is 270 g/mol. The second-order valence-corrected chi connectivity index (χ2v) is 5.83. The number of fused-ring (bicyclic) bond motifs is 2. The van der Waals surface area contributed by atoms with Crippen LogP contribution >= 0.6 is 0 Å². The molecule has 0 aromatic heterocycles. The number of carboxylic acid groups (broad SMARTS) is 1. The largest absolute Gasteiger partial charge is 0.490 e. The molecule has 21 heavy (non-hydrogen) atoms. The monoisotopic (exact) mass is 291 g/mol. The lowest BCUT2D eigenvalue weighted by molar-refractivity contribution is 0.0483. The lowest BCUT2D eigenvalue weighted by Gasteiger charge is -2.37. The second-order valence-electron chi connectivity index (χ2n) is 5.83. The molecule has 1 aromatic rings. The maximum atomic E-state index is 11.3. The molecule has 1 aromatic carbocycles. The first-order valence-electron chi connectivity index (χ1n) is 7.43. The molecule has 114 valence electrons. The summed E-state index contributed by atoms with van der Waals surface area (Å²) < 4.78 is 11.3. The highest BCUT2D eigenvalue weighted by Crippen LogP contribution is 2.37. The fraction of sp³-hybridized carbons (Fsp3) is 0.562. The molecule has 1 N–H and O–H groups in total. The highest BCUT2D eigenvalue weighted by molar-refractivity contribution is 5.66. The van der Waals surface area contributed by atoms with Crippen molar-refractivity contribution in [3.8, 4) is 5.75 Å². The van der Waals surface area contributed by atoms with Crippen molar-refractivity contribution in [1.29, 1.82) is 0 Å². The van der Waals surface area contributed by atoms with Gasteiger partial charge in [0.2, 0.25) is 0 Å². The first-order chi connectivity index (χ1) is 10.2. The van der Waals surface area contributed by atoms with Gasteiger partial charge < -0.3 is 19.5 Å². The Kier molecular flexibility index (Phi) is 4.01. The van der Waals surface area contributed by atoms with Crippen molar-refractivity contribution >= 4 is 6.09 Å². The summed E-state index contributed by atoms with van der Waals surface area (Å²) in [5, 5.41) is 9.28. The molecule has 2 heterocycles. The summed E-state index contributed by atoms with van der Waals surface area (Å²) in [6.07, 6.45) is 2.78. The molecular formula is C16H21NO4. The number of carbonyl (C=O) groups is 1. The minimum Gasteiger partial charge on any atom is -0.490 e. The minimum absolute atomic E-state index is 0.0936. The Morgan fingerprint density at radius 3 is 2.57 bits per heavy atom. The van der Waals surface area contributed by atoms with Crippen LogP contribution in [0.5, 0.6) is 5.75 Å². The number of rotatable bonds is 4. The standard InChI is InChI=1S/C16H21NO4/c1-20-10-11-4-2-3-5-15(11)21-14-8-12-6-7-13(9-14)17(12)16(18)19/h2-5,12-14H,6-10H2,1H3,(H,18,19)/t12-,13+,14?. The Morgan fingerprint density at radius 1 is 1.29 bits per heavy atom. The second kappa shape index (κ2) is 5.93. The van der Waals surface area contributed by atoms with Crippen molar-refractivity contribution in [2.45, 2.75) is 50.5 Å². The van der Waals surface area contributed by atoms with Crippen LogP contribution in [0.15, 0.2) is 24.3 Å². The zero-order valence-electron chi connectivity index (χ0n) is 12.2. The van der Waals surface area contributed by atoms with Crippen LogP contribution in [0.3, 0.4) is 0 Å². The normalized spacial score (nSPS) is 27.7. The maximum absolute atomic E-state index is 11.3. The van der Waals surface area contributed by atoms with Gasteiger partial charge >= 0.3 is 6.09 Å². The number of benzene rings is 1. The van der Waals surface area contributed by atoms with Crippen molar-refractivity contribution in [3.05, 3.63) is 29.8 Å². The van der Waals surface area contributed by atoms with Crippen molar-refractivity contribution in [1.82, 2.24) is 4.90 Å². The van der Waals surface area contributed by atoms with Gasteiger partial charge in [0.1, 0.15) is 11.9 Å². The molecule has 5 nitrogen and oxygen atoms in total. The molecule has 3 rings (SSSR count). The van der Waals surface area contributed by atoms with E-state index in [-0.39, 0.29) is 18.2 Å². The zero-order chi connectivity index (χ0) is 14.8. The van der Waals surface area contributed by atoms with Gasteiger partial charge in [-0.2, -0.15) is 0 Å². The summed E-state index contributed by atoms with van der Waals surface area (Å²) in [5.41, 5.74) is 1.04. The van der Waals surface area contributed by atoms with E-state index in [1.807, 2.05) is 24.3 Å². The van der Waals surface area contributed by atoms with Crippen LogP contribution in [0.2, 0.25) is 0 Å². The molecule has 0 radical (unpaired) electrons. The topological polar surface area (TPSA) is 59.0 Å². The molecule has 0 aliphatic carbocycles. The molecule has 2 aliphatic rings. The molecule has 3 atom stereocenters. The van der Waals surface area contributed by atoms with Gasteiger partial charge in [0.25, 0.3) is 0 Å². The quantitative estimate of drug-likeness (QED) is 0.926. The van der Waals surface area contributed by atoms with Crippen molar-refractivity contribution in [2.75, 3.05) is 7.11 Å². The Hall–Kier alpha value is -1.75. The Labute approximate surface area is 124 Å². The number of hydrogen-bond donors (Lipinski definition) is 1. The highest BCUT2D eigenvalue weighted by atomic mass is 16.5. The first-order valence-corrected chi connectivity index (χ1v) is 7.43. The van der Waals surface area contributed by atoms with Crippen LogP contribution in [0.1, 0.15) is 31.2 Å². The number of amides is 1. The third-order valence-corrected chi connectivity index (χ3v) is 4.48. The van der Waals surface area contributed by atoms with Crippen LogP contribution in [0, 0.1) is 0 Å². The molecule has 2 saturated heterocycles. The number of methoxy groups -OCH3 is 1. The van der Waals surface area contributed by atoms with Gasteiger partial charge in [-0.3, -0.25) is 0 Å². The first kappa shape index (κ1) is 14.2. The van der Waals surface area contributed by atoms with E-state index in [0.717, 1.165) is 37.0 Å². The predicted octanol–water partition coefficient (Wildman–Crippen LogP) is 2.89. The van der Waals surface area contributed by atoms with Gasteiger partial charge in [-0.25, -0.2) is 4.79 Å². The van der Waals surface area contributed by atoms with Gasteiger partial charge in [0.05, 0.1) is 6.61 Å². The van der Waals surface area contributed by atoms with Gasteiger partial charge in [-0.15, -0.1) is 0 Å². The van der Waals surface area contributed by atoms with Crippen LogP contribution in [0.4, 0.5) is 4.79 Å². The van der Waals surface area contributed by atoms with E-state index in [1.165, 1.54) is 0 Å². The summed E-state index contributed by atoms with van der Waals surface area (Å²) in [4.78, 5) is 12.9. The summed E-state index contributed by atoms with van der Waals surface area (Å²) in [6.45, 7) is 0.525. The third-order valence-electron chi connectivity index (χ3n) is 4.48. The lowest BCUT2D eigenvalue weighted by Crippen LogP contribution is -2.48. The van der Waals surface area contributed by atoms with Gasteiger partial charge in [-0.1, -0.05) is 18.2 Å². The molecule has 2 bridgehead atoms. The fourth-order valence-corrected chi connectivity index (χ4v) is 3.61. The average Bonchev–Trinajstić information content (AvgIpc) is 2.74. The maximum Gasteiger partial charge on any atom is 0.407 e. The predicted molar refractivity (Wildman–Crippen MR) is 77.5 cm³/mol. The van der Waals surface area contributed by atoms with Crippen molar-refractivity contribution in [3.63, 3.8) is 0 Å². The van der Waals surface area contributed by atoms with Crippen molar-refractivity contribution in [2.24, 2.45) is 0 Å². The molecule has 1 unspecified atom stereocenters. The van der Waals surface area contributed by atoms with Crippen LogP contribution in [0.25, 0.3) is 0 Å². The van der Waals surface area contributed by atoms with Crippen molar-refractivity contribution < 1.29 is 19.4 Å². The van der Waals surface area contributed by atoms with Crippen LogP contribution in [-0.2, 0) is 11.3 Å². The molecule has 1 amide bonds. The van der Waals surface area contributed by atoms with E-state index in [1.54, 1.807) is 12.0 Å². The Balaban J connectivity index is 1.69. The van der Waals surface area contributed by atoms with E-state index >= 15 is 0 Å². The Bertz CT molecular complexity index is 505. The summed E-state index contributed by atoms with van der Waals surface area (Å²) in [6, 6.07) is 8.11.